The summed E-state index contributed by atoms with van der Waals surface area (Å²) in [6.07, 6.45) is 11.1. The van der Waals surface area contributed by atoms with E-state index in [-0.39, 0.29) is 36.2 Å². The van der Waals surface area contributed by atoms with Crippen molar-refractivity contribution >= 4 is 16.3 Å². The fourth-order valence-corrected chi connectivity index (χ4v) is 2.31. The average molecular weight is 361 g/mol. The molecule has 23 heavy (non-hydrogen) atoms. The van der Waals surface area contributed by atoms with Gasteiger partial charge < -0.3 is 9.47 Å². The number of ether oxygens (including phenoxy) is 2. The van der Waals surface area contributed by atoms with Gasteiger partial charge in [-0.2, -0.15) is 8.42 Å². The summed E-state index contributed by atoms with van der Waals surface area (Å²) in [4.78, 5) is 11.1. The Hall–Kier alpha value is 0.180. The normalized spacial score (nSPS) is 10.9. The number of hydrogen-bond acceptors (Lipinski definition) is 5. The first-order valence-electron chi connectivity index (χ1n) is 8.20. The van der Waals surface area contributed by atoms with Gasteiger partial charge in [0.2, 0.25) is 0 Å². The van der Waals surface area contributed by atoms with E-state index in [4.69, 9.17) is 9.29 Å². The number of hydrogen-bond donors (Lipinski definition) is 1. The van der Waals surface area contributed by atoms with Crippen molar-refractivity contribution < 1.29 is 56.8 Å². The molecule has 8 heteroatoms. The smallest absolute Gasteiger partial charge is 0.434 e. The van der Waals surface area contributed by atoms with Crippen LogP contribution in [0.25, 0.3) is 0 Å². The zero-order valence-corrected chi connectivity index (χ0v) is 17.4. The SMILES string of the molecule is CCCCCCCCCCCCOC(=O)OCCS(=O)(=O)O.[Na+]. The Labute approximate surface area is 162 Å². The molecule has 0 aromatic rings. The maximum Gasteiger partial charge on any atom is 1.00 e. The largest absolute Gasteiger partial charge is 1.00 e. The van der Waals surface area contributed by atoms with Gasteiger partial charge in [0.15, 0.2) is 0 Å². The van der Waals surface area contributed by atoms with Crippen LogP contribution >= 0.6 is 0 Å². The molecule has 0 aliphatic heterocycles. The third-order valence-corrected chi connectivity index (χ3v) is 3.96. The van der Waals surface area contributed by atoms with Crippen molar-refractivity contribution in [3.63, 3.8) is 0 Å². The maximum absolute atomic E-state index is 11.1. The van der Waals surface area contributed by atoms with E-state index in [2.05, 4.69) is 11.7 Å². The number of carbonyl (C=O) groups is 1. The van der Waals surface area contributed by atoms with Crippen LogP contribution in [0, 0.1) is 0 Å². The topological polar surface area (TPSA) is 89.9 Å². The van der Waals surface area contributed by atoms with Crippen molar-refractivity contribution in [2.75, 3.05) is 19.0 Å². The maximum atomic E-state index is 11.1. The Morgan fingerprint density at radius 1 is 0.826 bits per heavy atom. The summed E-state index contributed by atoms with van der Waals surface area (Å²) in [5, 5.41) is 0. The molecule has 0 heterocycles. The minimum absolute atomic E-state index is 0. The van der Waals surface area contributed by atoms with E-state index in [0.717, 1.165) is 19.3 Å². The summed E-state index contributed by atoms with van der Waals surface area (Å²) in [6.45, 7) is 2.10. The molecule has 0 aliphatic carbocycles. The second-order valence-electron chi connectivity index (χ2n) is 5.41. The van der Waals surface area contributed by atoms with Gasteiger partial charge in [0, 0.05) is 0 Å². The van der Waals surface area contributed by atoms with Crippen LogP contribution in [0.4, 0.5) is 4.79 Å². The molecule has 0 atom stereocenters. The Morgan fingerprint density at radius 3 is 1.74 bits per heavy atom. The van der Waals surface area contributed by atoms with Gasteiger partial charge in [0.25, 0.3) is 10.1 Å². The van der Waals surface area contributed by atoms with Crippen LogP contribution in [0.5, 0.6) is 0 Å². The van der Waals surface area contributed by atoms with E-state index in [1.165, 1.54) is 44.9 Å². The predicted molar refractivity (Wildman–Crippen MR) is 85.6 cm³/mol. The van der Waals surface area contributed by atoms with Crippen molar-refractivity contribution in [1.29, 1.82) is 0 Å². The molecule has 0 spiro atoms. The van der Waals surface area contributed by atoms with Gasteiger partial charge in [-0.05, 0) is 6.42 Å². The summed E-state index contributed by atoms with van der Waals surface area (Å²) < 4.78 is 38.5. The second kappa shape index (κ2) is 17.0. The summed E-state index contributed by atoms with van der Waals surface area (Å²) in [6, 6.07) is 0. The molecule has 0 fully saturated rings. The first-order valence-corrected chi connectivity index (χ1v) is 9.81. The van der Waals surface area contributed by atoms with Gasteiger partial charge in [-0.25, -0.2) is 4.79 Å². The third kappa shape index (κ3) is 22.2. The summed E-state index contributed by atoms with van der Waals surface area (Å²) in [5.41, 5.74) is 0. The van der Waals surface area contributed by atoms with Crippen LogP contribution in [-0.2, 0) is 19.6 Å². The monoisotopic (exact) mass is 361 g/mol. The van der Waals surface area contributed by atoms with Gasteiger partial charge in [-0.15, -0.1) is 0 Å². The third-order valence-electron chi connectivity index (χ3n) is 3.28. The Bertz CT molecular complexity index is 372. The minimum atomic E-state index is -4.10. The van der Waals surface area contributed by atoms with E-state index in [1.54, 1.807) is 0 Å². The first-order chi connectivity index (χ1) is 10.5. The van der Waals surface area contributed by atoms with Gasteiger partial charge in [0.05, 0.1) is 6.61 Å². The van der Waals surface area contributed by atoms with Gasteiger partial charge in [-0.1, -0.05) is 64.7 Å². The molecule has 0 saturated carbocycles. The van der Waals surface area contributed by atoms with Crippen molar-refractivity contribution in [1.82, 2.24) is 0 Å². The Kier molecular flexibility index (Phi) is 18.8. The van der Waals surface area contributed by atoms with E-state index >= 15 is 0 Å². The van der Waals surface area contributed by atoms with Crippen LogP contribution in [0.3, 0.4) is 0 Å². The fraction of sp³-hybridized carbons (Fsp3) is 0.933. The van der Waals surface area contributed by atoms with Gasteiger partial charge in [-0.3, -0.25) is 4.55 Å². The molecule has 0 aromatic heterocycles. The van der Waals surface area contributed by atoms with Crippen LogP contribution < -0.4 is 29.6 Å². The quantitative estimate of drug-likeness (QED) is 0.214. The Morgan fingerprint density at radius 2 is 1.26 bits per heavy atom. The van der Waals surface area contributed by atoms with Gasteiger partial charge >= 0.3 is 35.7 Å². The molecule has 0 amide bonds. The average Bonchev–Trinajstić information content (AvgIpc) is 2.43. The minimum Gasteiger partial charge on any atom is -0.434 e. The van der Waals surface area contributed by atoms with E-state index in [0.29, 0.717) is 0 Å². The molecule has 0 rings (SSSR count). The van der Waals surface area contributed by atoms with Crippen LogP contribution in [-0.4, -0.2) is 38.1 Å². The van der Waals surface area contributed by atoms with Crippen molar-refractivity contribution in [2.24, 2.45) is 0 Å². The van der Waals surface area contributed by atoms with Crippen LogP contribution in [0.15, 0.2) is 0 Å². The summed E-state index contributed by atoms with van der Waals surface area (Å²) in [5.74, 6) is -0.611. The molecule has 132 valence electrons. The summed E-state index contributed by atoms with van der Waals surface area (Å²) in [7, 11) is -4.10. The van der Waals surface area contributed by atoms with Crippen molar-refractivity contribution in [3.05, 3.63) is 0 Å². The molecular weight excluding hydrogens is 331 g/mol. The molecular formula is C15H30NaO6S+. The fourth-order valence-electron chi connectivity index (χ4n) is 2.02. The zero-order chi connectivity index (χ0) is 16.7. The standard InChI is InChI=1S/C15H30O6S.Na/c1-2-3-4-5-6-7-8-9-10-11-12-20-15(16)21-13-14-22(17,18)19;/h2-14H2,1H3,(H,17,18,19);/q;+1. The van der Waals surface area contributed by atoms with E-state index < -0.39 is 28.6 Å². The zero-order valence-electron chi connectivity index (χ0n) is 14.6. The van der Waals surface area contributed by atoms with Crippen molar-refractivity contribution in [3.8, 4) is 0 Å². The van der Waals surface area contributed by atoms with Gasteiger partial charge in [0.1, 0.15) is 12.4 Å². The second-order valence-corrected chi connectivity index (χ2v) is 6.99. The first kappa shape index (κ1) is 25.4. The number of unbranched alkanes of at least 4 members (excludes halogenated alkanes) is 9. The molecule has 0 aromatic carbocycles. The Balaban J connectivity index is 0. The summed E-state index contributed by atoms with van der Waals surface area (Å²) >= 11 is 0. The molecule has 6 nitrogen and oxygen atoms in total. The molecule has 0 aliphatic rings. The van der Waals surface area contributed by atoms with Crippen LogP contribution in [0.1, 0.15) is 71.1 Å². The molecule has 0 saturated heterocycles. The number of carbonyl (C=O) groups excluding carboxylic acids is 1. The molecule has 0 radical (unpaired) electrons. The molecule has 0 bridgehead atoms. The molecule has 1 N–H and O–H groups in total. The molecule has 0 unspecified atom stereocenters. The predicted octanol–water partition coefficient (Wildman–Crippen LogP) is 0.952. The number of rotatable bonds is 14. The van der Waals surface area contributed by atoms with Crippen LogP contribution in [0.2, 0.25) is 0 Å². The van der Waals surface area contributed by atoms with Crippen molar-refractivity contribution in [2.45, 2.75) is 71.1 Å². The van der Waals surface area contributed by atoms with E-state index in [1.807, 2.05) is 0 Å². The van der Waals surface area contributed by atoms with E-state index in [9.17, 15) is 13.2 Å².